The number of benzene rings is 9. The zero-order valence-electron chi connectivity index (χ0n) is 36.0. The molecule has 2 atom stereocenters. The summed E-state index contributed by atoms with van der Waals surface area (Å²) in [4.78, 5) is 2.53. The van der Waals surface area contributed by atoms with E-state index in [1.54, 1.807) is 0 Å². The number of anilines is 5. The molecule has 0 saturated heterocycles. The molecule has 10 aromatic rings. The van der Waals surface area contributed by atoms with E-state index in [4.69, 9.17) is 4.42 Å². The lowest BCUT2D eigenvalue weighted by atomic mass is 9.70. The molecule has 0 saturated carbocycles. The molecule has 9 aromatic carbocycles. The second-order valence-corrected chi connectivity index (χ2v) is 17.6. The molecular formula is C62H44N2O. The standard InChI is InChI=1S/C62H44N2O/c1-40-19-8-9-24-44(40)50-39-43(35-38-55(50)63-42-22-6-3-7-23-42)64(56-32-16-12-25-45(56)41-20-4-2-5-21-41)57-33-18-31-53-59(57)48-27-10-14-29-51(48)62(53)52-30-15-11-28-49(52)60-54(62)37-36-47-46-26-13-17-34-58(46)65-61(47)60/h2-18,20-40,63H,19H2,1H3. The molecule has 0 fully saturated rings. The van der Waals surface area contributed by atoms with Crippen molar-refractivity contribution >= 4 is 55.9 Å². The van der Waals surface area contributed by atoms with Gasteiger partial charge in [-0.2, -0.15) is 0 Å². The van der Waals surface area contributed by atoms with Crippen LogP contribution >= 0.6 is 0 Å². The van der Waals surface area contributed by atoms with E-state index in [2.05, 4.69) is 242 Å². The molecular weight excluding hydrogens is 789 g/mol. The van der Waals surface area contributed by atoms with E-state index in [0.29, 0.717) is 5.92 Å². The lowest BCUT2D eigenvalue weighted by molar-refractivity contribution is 0.669. The average Bonchev–Trinajstić information content (AvgIpc) is 4.00. The third-order valence-corrected chi connectivity index (χ3v) is 14.1. The second-order valence-electron chi connectivity index (χ2n) is 17.6. The van der Waals surface area contributed by atoms with E-state index in [0.717, 1.165) is 62.4 Å². The quantitative estimate of drug-likeness (QED) is 0.173. The summed E-state index contributed by atoms with van der Waals surface area (Å²) in [5, 5.41) is 6.10. The van der Waals surface area contributed by atoms with Gasteiger partial charge in [-0.3, -0.25) is 0 Å². The van der Waals surface area contributed by atoms with Crippen LogP contribution in [0.15, 0.2) is 229 Å². The van der Waals surface area contributed by atoms with Crippen LogP contribution in [0.3, 0.4) is 0 Å². The molecule has 1 aromatic heterocycles. The Hall–Kier alpha value is -8.14. The first-order valence-corrected chi connectivity index (χ1v) is 22.7. The topological polar surface area (TPSA) is 28.4 Å². The van der Waals surface area contributed by atoms with Gasteiger partial charge in [0.25, 0.3) is 0 Å². The number of para-hydroxylation sites is 3. The van der Waals surface area contributed by atoms with Crippen molar-refractivity contribution in [1.29, 1.82) is 0 Å². The van der Waals surface area contributed by atoms with Gasteiger partial charge in [0.05, 0.1) is 16.8 Å². The van der Waals surface area contributed by atoms with Gasteiger partial charge in [-0.1, -0.05) is 183 Å². The molecule has 1 N–H and O–H groups in total. The monoisotopic (exact) mass is 832 g/mol. The number of allylic oxidation sites excluding steroid dienone is 4. The molecule has 13 rings (SSSR count). The SMILES string of the molecule is CC1CC=CC=C1c1cc(N(c2ccccc2-c2ccccc2)c2cccc3c2-c2ccccc2C32c3ccccc3-c3c2ccc2c3oc3ccccc32)ccc1Nc1ccccc1. The number of nitrogens with zero attached hydrogens (tertiary/aromatic N) is 1. The van der Waals surface area contributed by atoms with Crippen LogP contribution in [0.5, 0.6) is 0 Å². The number of nitrogens with one attached hydrogen (secondary N) is 1. The zero-order chi connectivity index (χ0) is 43.1. The van der Waals surface area contributed by atoms with Crippen molar-refractivity contribution in [2.24, 2.45) is 5.92 Å². The first-order chi connectivity index (χ1) is 32.2. The fourth-order valence-electron chi connectivity index (χ4n) is 11.4. The lowest BCUT2D eigenvalue weighted by Gasteiger charge is -2.33. The smallest absolute Gasteiger partial charge is 0.143 e. The number of furan rings is 1. The molecule has 3 aliphatic carbocycles. The molecule has 65 heavy (non-hydrogen) atoms. The Morgan fingerprint density at radius 1 is 0.523 bits per heavy atom. The van der Waals surface area contributed by atoms with Crippen molar-refractivity contribution in [1.82, 2.24) is 0 Å². The number of hydrogen-bond donors (Lipinski definition) is 1. The third-order valence-electron chi connectivity index (χ3n) is 14.1. The summed E-state index contributed by atoms with van der Waals surface area (Å²) < 4.78 is 6.86. The van der Waals surface area contributed by atoms with Crippen LogP contribution in [0.25, 0.3) is 60.9 Å². The van der Waals surface area contributed by atoms with E-state index in [1.807, 2.05) is 0 Å². The van der Waals surface area contributed by atoms with Gasteiger partial charge in [0.1, 0.15) is 11.2 Å². The minimum absolute atomic E-state index is 0.352. The third kappa shape index (κ3) is 5.55. The fraction of sp³-hybridized carbons (Fsp3) is 0.0645. The molecule has 1 heterocycles. The minimum Gasteiger partial charge on any atom is -0.455 e. The predicted molar refractivity (Wildman–Crippen MR) is 271 cm³/mol. The molecule has 2 unspecified atom stereocenters. The Morgan fingerprint density at radius 3 is 1.97 bits per heavy atom. The van der Waals surface area contributed by atoms with Crippen LogP contribution in [0.2, 0.25) is 0 Å². The van der Waals surface area contributed by atoms with E-state index in [9.17, 15) is 0 Å². The molecule has 3 heteroatoms. The fourth-order valence-corrected chi connectivity index (χ4v) is 11.4. The molecule has 308 valence electrons. The van der Waals surface area contributed by atoms with Gasteiger partial charge < -0.3 is 14.6 Å². The van der Waals surface area contributed by atoms with E-state index < -0.39 is 5.41 Å². The van der Waals surface area contributed by atoms with Crippen LogP contribution in [0, 0.1) is 5.92 Å². The van der Waals surface area contributed by atoms with Crippen molar-refractivity contribution in [3.05, 3.63) is 252 Å². The van der Waals surface area contributed by atoms with Crippen molar-refractivity contribution in [3.8, 4) is 33.4 Å². The average molecular weight is 833 g/mol. The summed E-state index contributed by atoms with van der Waals surface area (Å²) in [5.74, 6) is 0.352. The zero-order valence-corrected chi connectivity index (χ0v) is 36.0. The predicted octanol–water partition coefficient (Wildman–Crippen LogP) is 16.8. The first-order valence-electron chi connectivity index (χ1n) is 22.7. The second kappa shape index (κ2) is 14.7. The Morgan fingerprint density at radius 2 is 1.17 bits per heavy atom. The maximum atomic E-state index is 6.86. The van der Waals surface area contributed by atoms with Gasteiger partial charge in [-0.05, 0) is 105 Å². The summed E-state index contributed by atoms with van der Waals surface area (Å²) in [7, 11) is 0. The highest BCUT2D eigenvalue weighted by Crippen LogP contribution is 2.66. The van der Waals surface area contributed by atoms with E-state index in [-0.39, 0.29) is 0 Å². The summed E-state index contributed by atoms with van der Waals surface area (Å²) in [6.45, 7) is 2.34. The summed E-state index contributed by atoms with van der Waals surface area (Å²) in [5.41, 5.74) is 21.6. The van der Waals surface area contributed by atoms with Crippen molar-refractivity contribution in [2.45, 2.75) is 18.8 Å². The molecule has 0 aliphatic heterocycles. The maximum Gasteiger partial charge on any atom is 0.143 e. The van der Waals surface area contributed by atoms with Gasteiger partial charge in [0.2, 0.25) is 0 Å². The highest BCUT2D eigenvalue weighted by molar-refractivity contribution is 6.13. The lowest BCUT2D eigenvalue weighted by Crippen LogP contribution is -2.26. The number of fused-ring (bicyclic) bond motifs is 14. The molecule has 1 spiro atoms. The van der Waals surface area contributed by atoms with Crippen molar-refractivity contribution < 1.29 is 4.42 Å². The van der Waals surface area contributed by atoms with Crippen LogP contribution in [-0.4, -0.2) is 0 Å². The van der Waals surface area contributed by atoms with Crippen LogP contribution < -0.4 is 10.2 Å². The normalized spacial score (nSPS) is 16.6. The highest BCUT2D eigenvalue weighted by Gasteiger charge is 2.53. The Kier molecular flexibility index (Phi) is 8.48. The van der Waals surface area contributed by atoms with Crippen molar-refractivity contribution in [3.63, 3.8) is 0 Å². The summed E-state index contributed by atoms with van der Waals surface area (Å²) in [6, 6.07) is 75.5. The van der Waals surface area contributed by atoms with Crippen LogP contribution in [-0.2, 0) is 5.41 Å². The van der Waals surface area contributed by atoms with Gasteiger partial charge >= 0.3 is 0 Å². The molecule has 0 amide bonds. The van der Waals surface area contributed by atoms with Gasteiger partial charge in [0.15, 0.2) is 0 Å². The highest BCUT2D eigenvalue weighted by atomic mass is 16.3. The van der Waals surface area contributed by atoms with Gasteiger partial charge in [0, 0.05) is 50.1 Å². The van der Waals surface area contributed by atoms with Crippen LogP contribution in [0.1, 0.15) is 41.2 Å². The van der Waals surface area contributed by atoms with Gasteiger partial charge in [-0.15, -0.1) is 0 Å². The Balaban J connectivity index is 1.10. The molecule has 3 nitrogen and oxygen atoms in total. The number of hydrogen-bond acceptors (Lipinski definition) is 3. The molecule has 0 bridgehead atoms. The molecule has 3 aliphatic rings. The Labute approximate surface area is 379 Å². The van der Waals surface area contributed by atoms with E-state index in [1.165, 1.54) is 61.2 Å². The Bertz CT molecular complexity index is 3580. The summed E-state index contributed by atoms with van der Waals surface area (Å²) >= 11 is 0. The van der Waals surface area contributed by atoms with Crippen LogP contribution in [0.4, 0.5) is 28.4 Å². The summed E-state index contributed by atoms with van der Waals surface area (Å²) in [6.07, 6.45) is 7.80. The number of rotatable bonds is 7. The largest absolute Gasteiger partial charge is 0.455 e. The van der Waals surface area contributed by atoms with E-state index >= 15 is 0 Å². The van der Waals surface area contributed by atoms with Crippen molar-refractivity contribution in [2.75, 3.05) is 10.2 Å². The maximum absolute atomic E-state index is 6.86. The first kappa shape index (κ1) is 37.4. The van der Waals surface area contributed by atoms with Gasteiger partial charge in [-0.25, -0.2) is 0 Å². The minimum atomic E-state index is -0.574. The molecule has 0 radical (unpaired) electrons.